The van der Waals surface area contributed by atoms with Gasteiger partial charge in [-0.15, -0.1) is 0 Å². The molecule has 1 aliphatic heterocycles. The van der Waals surface area contributed by atoms with E-state index in [1.807, 2.05) is 66.7 Å². The van der Waals surface area contributed by atoms with E-state index in [4.69, 9.17) is 15.0 Å². The van der Waals surface area contributed by atoms with Crippen molar-refractivity contribution in [1.29, 1.82) is 0 Å². The Labute approximate surface area is 425 Å². The second-order valence-corrected chi connectivity index (χ2v) is 21.8. The molecule has 1 unspecified atom stereocenters. The third-order valence-corrected chi connectivity index (χ3v) is 17.4. The van der Waals surface area contributed by atoms with Crippen LogP contribution >= 0.6 is 0 Å². The lowest BCUT2D eigenvalue weighted by atomic mass is 9.62. The Balaban J connectivity index is 1.09. The average molecular weight is 956 g/mol. The van der Waals surface area contributed by atoms with Crippen molar-refractivity contribution in [3.63, 3.8) is 0 Å². The Morgan fingerprint density at radius 1 is 0.288 bits per heavy atom. The number of sulfone groups is 1. The van der Waals surface area contributed by atoms with Crippen LogP contribution < -0.4 is 0 Å². The molecule has 1 atom stereocenters. The van der Waals surface area contributed by atoms with Crippen molar-refractivity contribution in [2.45, 2.75) is 34.5 Å². The molecule has 0 fully saturated rings. The summed E-state index contributed by atoms with van der Waals surface area (Å²) in [4.78, 5) is 16.7. The van der Waals surface area contributed by atoms with Crippen LogP contribution in [-0.2, 0) is 20.7 Å². The van der Waals surface area contributed by atoms with Gasteiger partial charge in [-0.05, 0) is 131 Å². The van der Waals surface area contributed by atoms with Crippen molar-refractivity contribution in [3.05, 3.63) is 270 Å². The molecule has 5 nitrogen and oxygen atoms in total. The van der Waals surface area contributed by atoms with E-state index in [0.717, 1.165) is 94.6 Å². The fourth-order valence-electron chi connectivity index (χ4n) is 12.2. The van der Waals surface area contributed by atoms with Crippen molar-refractivity contribution in [2.75, 3.05) is 0 Å². The molecule has 6 heteroatoms. The Morgan fingerprint density at radius 2 is 0.740 bits per heavy atom. The summed E-state index contributed by atoms with van der Waals surface area (Å²) in [6.07, 6.45) is 0. The lowest BCUT2D eigenvalue weighted by Crippen LogP contribution is -2.38. The minimum Gasteiger partial charge on any atom is -0.218 e. The van der Waals surface area contributed by atoms with Gasteiger partial charge in [0.15, 0.2) is 17.5 Å². The van der Waals surface area contributed by atoms with Gasteiger partial charge >= 0.3 is 0 Å². The number of rotatable bonds is 5. The van der Waals surface area contributed by atoms with E-state index in [0.29, 0.717) is 32.8 Å². The van der Waals surface area contributed by atoms with Gasteiger partial charge in [-0.25, -0.2) is 23.4 Å². The van der Waals surface area contributed by atoms with Gasteiger partial charge < -0.3 is 0 Å². The molecule has 0 amide bonds. The summed E-state index contributed by atoms with van der Waals surface area (Å²) < 4.78 is 31.1. The smallest absolute Gasteiger partial charge is 0.207 e. The average Bonchev–Trinajstić information content (AvgIpc) is 3.62. The molecule has 3 aliphatic rings. The molecular formula is C67H45N3O2S. The van der Waals surface area contributed by atoms with E-state index in [1.165, 1.54) is 5.56 Å². The number of nitrogens with zero attached hydrogens (tertiary/aromatic N) is 3. The lowest BCUT2D eigenvalue weighted by molar-refractivity contribution is 0.577. The second kappa shape index (κ2) is 16.1. The molecule has 11 aromatic rings. The highest BCUT2D eigenvalue weighted by molar-refractivity contribution is 7.91. The van der Waals surface area contributed by atoms with Gasteiger partial charge in [0.2, 0.25) is 9.84 Å². The van der Waals surface area contributed by atoms with Crippen molar-refractivity contribution in [1.82, 2.24) is 15.0 Å². The van der Waals surface area contributed by atoms with E-state index in [2.05, 4.69) is 178 Å². The van der Waals surface area contributed by atoms with Crippen molar-refractivity contribution in [3.8, 4) is 89.8 Å². The highest BCUT2D eigenvalue weighted by Crippen LogP contribution is 2.62. The predicted octanol–water partition coefficient (Wildman–Crippen LogP) is 15.7. The molecule has 14 rings (SSSR count). The van der Waals surface area contributed by atoms with E-state index in [1.54, 1.807) is 6.07 Å². The molecule has 0 N–H and O–H groups in total. The fraction of sp³-hybridized carbons (Fsp3) is 0.0597. The minimum absolute atomic E-state index is 0.300. The van der Waals surface area contributed by atoms with Gasteiger partial charge in [-0.1, -0.05) is 208 Å². The zero-order chi connectivity index (χ0) is 49.1. The highest BCUT2D eigenvalue weighted by atomic mass is 32.2. The summed E-state index contributed by atoms with van der Waals surface area (Å²) in [5.74, 6) is 1.58. The molecule has 10 aromatic carbocycles. The van der Waals surface area contributed by atoms with Crippen LogP contribution in [-0.4, -0.2) is 23.4 Å². The van der Waals surface area contributed by atoms with Gasteiger partial charge in [-0.2, -0.15) is 0 Å². The molecule has 2 aliphatic carbocycles. The number of fused-ring (bicyclic) bond motifs is 14. The fourth-order valence-corrected chi connectivity index (χ4v) is 14.0. The minimum atomic E-state index is -4.04. The van der Waals surface area contributed by atoms with Crippen LogP contribution in [0.5, 0.6) is 0 Å². The molecular weight excluding hydrogens is 911 g/mol. The number of benzene rings is 10. The van der Waals surface area contributed by atoms with Crippen LogP contribution in [0.25, 0.3) is 89.8 Å². The Kier molecular flexibility index (Phi) is 9.47. The van der Waals surface area contributed by atoms with Crippen LogP contribution in [0.2, 0.25) is 0 Å². The first-order valence-electron chi connectivity index (χ1n) is 24.7. The Hall–Kier alpha value is -8.84. The molecule has 346 valence electrons. The maximum absolute atomic E-state index is 15.6. The second-order valence-electron chi connectivity index (χ2n) is 19.9. The highest BCUT2D eigenvalue weighted by Gasteiger charge is 2.53. The van der Waals surface area contributed by atoms with Crippen molar-refractivity contribution >= 4 is 9.84 Å². The van der Waals surface area contributed by atoms with E-state index in [-0.39, 0.29) is 0 Å². The summed E-state index contributed by atoms with van der Waals surface area (Å²) >= 11 is 0. The molecule has 1 aromatic heterocycles. The maximum Gasteiger partial charge on any atom is 0.207 e. The first-order valence-corrected chi connectivity index (χ1v) is 26.2. The first-order chi connectivity index (χ1) is 35.7. The summed E-state index contributed by atoms with van der Waals surface area (Å²) in [6, 6.07) is 81.6. The summed E-state index contributed by atoms with van der Waals surface area (Å²) in [5, 5.41) is 0. The summed E-state index contributed by atoms with van der Waals surface area (Å²) in [6.45, 7) is 4.41. The molecule has 0 saturated heterocycles. The van der Waals surface area contributed by atoms with Crippen molar-refractivity contribution in [2.24, 2.45) is 0 Å². The van der Waals surface area contributed by atoms with E-state index >= 15 is 8.42 Å². The monoisotopic (exact) mass is 955 g/mol. The third-order valence-electron chi connectivity index (χ3n) is 15.6. The van der Waals surface area contributed by atoms with E-state index in [9.17, 15) is 0 Å². The lowest BCUT2D eigenvalue weighted by Gasteiger charge is -2.43. The zero-order valence-corrected chi connectivity index (χ0v) is 40.9. The van der Waals surface area contributed by atoms with Gasteiger partial charge in [-0.3, -0.25) is 0 Å². The SMILES string of the molecule is CC1(C)c2ccccc2-c2cc3c(cc21)S(=O)(=O)c1ccccc1C31c2ccccc2-c2ccccc2-c2ccc(-c3nc(-c4ccccc4)nc(-c4cc(-c5ccccc5)cc(-c5ccccc5)c4)n3)cc21. The molecule has 2 heterocycles. The zero-order valence-electron chi connectivity index (χ0n) is 40.1. The normalized spacial score (nSPS) is 15.9. The predicted molar refractivity (Wildman–Crippen MR) is 293 cm³/mol. The van der Waals surface area contributed by atoms with Crippen LogP contribution in [0.4, 0.5) is 0 Å². The summed E-state index contributed by atoms with van der Waals surface area (Å²) in [7, 11) is -4.04. The quantitative estimate of drug-likeness (QED) is 0.172. The number of hydrogen-bond acceptors (Lipinski definition) is 5. The Morgan fingerprint density at radius 3 is 1.36 bits per heavy atom. The third kappa shape index (κ3) is 6.40. The first kappa shape index (κ1) is 43.0. The van der Waals surface area contributed by atoms with Gasteiger partial charge in [0.25, 0.3) is 0 Å². The van der Waals surface area contributed by atoms with Crippen LogP contribution in [0, 0.1) is 0 Å². The molecule has 0 bridgehead atoms. The molecule has 73 heavy (non-hydrogen) atoms. The molecule has 0 radical (unpaired) electrons. The van der Waals surface area contributed by atoms with Crippen LogP contribution in [0.1, 0.15) is 47.2 Å². The Bertz CT molecular complexity index is 4130. The molecule has 0 saturated carbocycles. The maximum atomic E-state index is 15.6. The van der Waals surface area contributed by atoms with Crippen molar-refractivity contribution < 1.29 is 8.42 Å². The van der Waals surface area contributed by atoms with E-state index < -0.39 is 20.7 Å². The standard InChI is InChI=1S/C67H45N3O2S/c1-66(2)55-30-16-14-29-52(55)54-40-60-62(41-58(54)66)73(71,72)61-33-19-18-32-57(61)67(60)56-31-17-15-28-51(56)49-26-12-13-27-50(49)53-35-34-45(39-59(53)67)64-68-63(44-24-10-5-11-25-44)69-65(70-64)48-37-46(42-20-6-3-7-21-42)36-47(38-48)43-22-8-4-9-23-43/h3-41H,1-2H3. The largest absolute Gasteiger partial charge is 0.218 e. The van der Waals surface area contributed by atoms with Gasteiger partial charge in [0.05, 0.1) is 15.2 Å². The van der Waals surface area contributed by atoms with Crippen LogP contribution in [0.15, 0.2) is 246 Å². The van der Waals surface area contributed by atoms with Gasteiger partial charge in [0, 0.05) is 22.1 Å². The van der Waals surface area contributed by atoms with Gasteiger partial charge in [0.1, 0.15) is 0 Å². The topological polar surface area (TPSA) is 72.8 Å². The number of aromatic nitrogens is 3. The molecule has 1 spiro atoms. The van der Waals surface area contributed by atoms with Crippen LogP contribution in [0.3, 0.4) is 0 Å². The number of hydrogen-bond donors (Lipinski definition) is 0. The summed E-state index contributed by atoms with van der Waals surface area (Å²) in [5.41, 5.74) is 17.1.